The van der Waals surface area contributed by atoms with Crippen molar-refractivity contribution in [2.45, 2.75) is 37.3 Å². The molecule has 25 heavy (non-hydrogen) atoms. The number of carbonyl (C=O) groups excluding carboxylic acids is 1. The van der Waals surface area contributed by atoms with Crippen molar-refractivity contribution >= 4 is 11.7 Å². The normalized spacial score (nSPS) is 27.5. The summed E-state index contributed by atoms with van der Waals surface area (Å²) in [4.78, 5) is 21.6. The van der Waals surface area contributed by atoms with Crippen LogP contribution in [0.3, 0.4) is 0 Å². The lowest BCUT2D eigenvalue weighted by molar-refractivity contribution is 0.0762. The molecule has 3 aliphatic heterocycles. The molecule has 1 saturated carbocycles. The van der Waals surface area contributed by atoms with Gasteiger partial charge in [0.15, 0.2) is 11.6 Å². The number of anilines is 1. The van der Waals surface area contributed by atoms with Gasteiger partial charge in [0, 0.05) is 43.8 Å². The quantitative estimate of drug-likeness (QED) is 0.873. The number of pyridine rings is 1. The van der Waals surface area contributed by atoms with Gasteiger partial charge in [-0.05, 0) is 25.3 Å². The highest BCUT2D eigenvalue weighted by Crippen LogP contribution is 2.45. The van der Waals surface area contributed by atoms with E-state index >= 15 is 0 Å². The van der Waals surface area contributed by atoms with E-state index < -0.39 is 0 Å². The second-order valence-electron chi connectivity index (χ2n) is 7.62. The van der Waals surface area contributed by atoms with Crippen molar-refractivity contribution in [3.63, 3.8) is 0 Å². The number of ether oxygens (including phenoxy) is 2. The third-order valence-electron chi connectivity index (χ3n) is 5.92. The Balaban J connectivity index is 1.30. The molecule has 1 amide bonds. The fourth-order valence-electron chi connectivity index (χ4n) is 4.08. The molecule has 1 aromatic rings. The highest BCUT2D eigenvalue weighted by Gasteiger charge is 2.44. The van der Waals surface area contributed by atoms with Crippen LogP contribution in [0.2, 0.25) is 0 Å². The zero-order valence-corrected chi connectivity index (χ0v) is 14.4. The first kappa shape index (κ1) is 15.4. The smallest absolute Gasteiger partial charge is 0.255 e. The first-order chi connectivity index (χ1) is 12.2. The Hall–Kier alpha value is -1.86. The molecule has 1 spiro atoms. The monoisotopic (exact) mass is 344 g/mol. The molecule has 4 heterocycles. The summed E-state index contributed by atoms with van der Waals surface area (Å²) in [6.45, 7) is 4.69. The zero-order valence-electron chi connectivity index (χ0n) is 14.4. The van der Waals surface area contributed by atoms with Gasteiger partial charge in [-0.25, -0.2) is 4.98 Å². The fourth-order valence-corrected chi connectivity index (χ4v) is 4.08. The summed E-state index contributed by atoms with van der Waals surface area (Å²) < 4.78 is 11.3. The third-order valence-corrected chi connectivity index (χ3v) is 5.92. The molecular weight excluding hydrogens is 320 g/mol. The number of nitrogens with one attached hydrogen (secondary N) is 1. The highest BCUT2D eigenvalue weighted by molar-refractivity contribution is 5.95. The molecule has 3 fully saturated rings. The van der Waals surface area contributed by atoms with Crippen molar-refractivity contribution in [3.05, 3.63) is 17.8 Å². The van der Waals surface area contributed by atoms with E-state index in [0.29, 0.717) is 30.7 Å². The SMILES string of the molecule is O=C(c1cnc2c(c1)OCCC1(CC1)N2)N1CC[C@H](N2CCOC2)C1. The van der Waals surface area contributed by atoms with E-state index in [0.717, 1.165) is 44.9 Å². The second kappa shape index (κ2) is 5.85. The highest BCUT2D eigenvalue weighted by atomic mass is 16.5. The van der Waals surface area contributed by atoms with Gasteiger partial charge in [-0.2, -0.15) is 0 Å². The number of rotatable bonds is 2. The standard InChI is InChI=1S/C18H24N4O3/c23-17(21-5-1-14(11-21)22-6-8-24-12-22)13-9-15-16(19-10-13)20-18(2-3-18)4-7-25-15/h9-10,14H,1-8,11-12H2,(H,19,20)/t14-/m0/s1. The van der Waals surface area contributed by atoms with Gasteiger partial charge in [-0.1, -0.05) is 0 Å². The minimum Gasteiger partial charge on any atom is -0.490 e. The van der Waals surface area contributed by atoms with Crippen molar-refractivity contribution in [3.8, 4) is 5.75 Å². The lowest BCUT2D eigenvalue weighted by atomic mass is 10.2. The minimum atomic E-state index is 0.0481. The van der Waals surface area contributed by atoms with Gasteiger partial charge >= 0.3 is 0 Å². The van der Waals surface area contributed by atoms with Crippen molar-refractivity contribution < 1.29 is 14.3 Å². The van der Waals surface area contributed by atoms with Crippen molar-refractivity contribution in [1.82, 2.24) is 14.8 Å². The van der Waals surface area contributed by atoms with Gasteiger partial charge in [-0.3, -0.25) is 9.69 Å². The number of hydrogen-bond acceptors (Lipinski definition) is 6. The van der Waals surface area contributed by atoms with Gasteiger partial charge in [0.2, 0.25) is 0 Å². The lowest BCUT2D eigenvalue weighted by Gasteiger charge is -2.22. The van der Waals surface area contributed by atoms with Crippen LogP contribution in [0.15, 0.2) is 12.3 Å². The number of likely N-dealkylation sites (tertiary alicyclic amines) is 1. The van der Waals surface area contributed by atoms with Gasteiger partial charge in [0.05, 0.1) is 25.5 Å². The lowest BCUT2D eigenvalue weighted by Crippen LogP contribution is -2.37. The number of carbonyl (C=O) groups is 1. The van der Waals surface area contributed by atoms with E-state index in [2.05, 4.69) is 15.2 Å². The largest absolute Gasteiger partial charge is 0.490 e. The van der Waals surface area contributed by atoms with Crippen molar-refractivity contribution in [2.75, 3.05) is 44.9 Å². The molecule has 4 aliphatic rings. The number of amides is 1. The Morgan fingerprint density at radius 1 is 1.28 bits per heavy atom. The second-order valence-corrected chi connectivity index (χ2v) is 7.62. The molecule has 5 rings (SSSR count). The topological polar surface area (TPSA) is 66.9 Å². The summed E-state index contributed by atoms with van der Waals surface area (Å²) in [6.07, 6.45) is 6.04. The maximum Gasteiger partial charge on any atom is 0.255 e. The molecule has 134 valence electrons. The maximum absolute atomic E-state index is 12.9. The van der Waals surface area contributed by atoms with Gasteiger partial charge in [-0.15, -0.1) is 0 Å². The van der Waals surface area contributed by atoms with Gasteiger partial charge in [0.25, 0.3) is 5.91 Å². The van der Waals surface area contributed by atoms with E-state index in [1.54, 1.807) is 6.20 Å². The summed E-state index contributed by atoms with van der Waals surface area (Å²) in [6, 6.07) is 2.26. The van der Waals surface area contributed by atoms with E-state index in [1.807, 2.05) is 11.0 Å². The Morgan fingerprint density at radius 2 is 2.20 bits per heavy atom. The maximum atomic E-state index is 12.9. The molecule has 0 radical (unpaired) electrons. The predicted octanol–water partition coefficient (Wildman–Crippen LogP) is 1.31. The van der Waals surface area contributed by atoms with E-state index in [9.17, 15) is 4.79 Å². The van der Waals surface area contributed by atoms with Crippen LogP contribution in [0.1, 0.15) is 36.0 Å². The Kier molecular flexibility index (Phi) is 3.60. The summed E-state index contributed by atoms with van der Waals surface area (Å²) in [5, 5.41) is 3.51. The molecule has 1 N–H and O–H groups in total. The molecule has 0 aromatic carbocycles. The number of nitrogens with zero attached hydrogens (tertiary/aromatic N) is 3. The number of aromatic nitrogens is 1. The number of fused-ring (bicyclic) bond motifs is 1. The molecule has 2 saturated heterocycles. The first-order valence-corrected chi connectivity index (χ1v) is 9.25. The van der Waals surface area contributed by atoms with Crippen LogP contribution in [0.25, 0.3) is 0 Å². The van der Waals surface area contributed by atoms with Crippen LogP contribution in [-0.2, 0) is 4.74 Å². The molecule has 7 nitrogen and oxygen atoms in total. The summed E-state index contributed by atoms with van der Waals surface area (Å²) in [5.41, 5.74) is 0.801. The van der Waals surface area contributed by atoms with Gasteiger partial charge in [0.1, 0.15) is 0 Å². The summed E-state index contributed by atoms with van der Waals surface area (Å²) in [5.74, 6) is 1.53. The Morgan fingerprint density at radius 3 is 3.00 bits per heavy atom. The molecule has 0 unspecified atom stereocenters. The van der Waals surface area contributed by atoms with Crippen LogP contribution < -0.4 is 10.1 Å². The summed E-state index contributed by atoms with van der Waals surface area (Å²) in [7, 11) is 0. The third kappa shape index (κ3) is 2.85. The molecule has 1 aromatic heterocycles. The number of hydrogen-bond donors (Lipinski definition) is 1. The van der Waals surface area contributed by atoms with Crippen LogP contribution in [0.5, 0.6) is 5.75 Å². The van der Waals surface area contributed by atoms with Crippen LogP contribution in [0, 0.1) is 0 Å². The predicted molar refractivity (Wildman–Crippen MR) is 91.8 cm³/mol. The van der Waals surface area contributed by atoms with Crippen LogP contribution in [-0.4, -0.2) is 71.9 Å². The van der Waals surface area contributed by atoms with Crippen molar-refractivity contribution in [2.24, 2.45) is 0 Å². The van der Waals surface area contributed by atoms with Crippen LogP contribution >= 0.6 is 0 Å². The minimum absolute atomic E-state index is 0.0481. The van der Waals surface area contributed by atoms with Gasteiger partial charge < -0.3 is 19.7 Å². The van der Waals surface area contributed by atoms with Crippen molar-refractivity contribution in [1.29, 1.82) is 0 Å². The van der Waals surface area contributed by atoms with E-state index in [1.165, 1.54) is 12.8 Å². The van der Waals surface area contributed by atoms with Crippen LogP contribution in [0.4, 0.5) is 5.82 Å². The Labute approximate surface area is 147 Å². The van der Waals surface area contributed by atoms with E-state index in [4.69, 9.17) is 9.47 Å². The average molecular weight is 344 g/mol. The molecular formula is C18H24N4O3. The molecule has 0 bridgehead atoms. The summed E-state index contributed by atoms with van der Waals surface area (Å²) >= 11 is 0. The molecule has 1 atom stereocenters. The molecule has 1 aliphatic carbocycles. The zero-order chi connectivity index (χ0) is 16.9. The molecule has 7 heteroatoms. The fraction of sp³-hybridized carbons (Fsp3) is 0.667. The van der Waals surface area contributed by atoms with E-state index in [-0.39, 0.29) is 11.4 Å². The Bertz CT molecular complexity index is 685. The first-order valence-electron chi connectivity index (χ1n) is 9.25. The average Bonchev–Trinajstić information content (AvgIpc) is 3.03.